The van der Waals surface area contributed by atoms with E-state index in [0.717, 1.165) is 12.8 Å². The normalized spacial score (nSPS) is 12.9. The SMILES string of the molecule is CCCC(O)CNCC(=O)OC(C)C. The maximum absolute atomic E-state index is 11.0. The Morgan fingerprint density at radius 3 is 2.64 bits per heavy atom. The Morgan fingerprint density at radius 2 is 2.14 bits per heavy atom. The van der Waals surface area contributed by atoms with Crippen molar-refractivity contribution < 1.29 is 14.6 Å². The lowest BCUT2D eigenvalue weighted by Gasteiger charge is -2.11. The number of carbonyl (C=O) groups excluding carboxylic acids is 1. The van der Waals surface area contributed by atoms with E-state index in [1.165, 1.54) is 0 Å². The molecule has 0 aliphatic carbocycles. The highest BCUT2D eigenvalue weighted by atomic mass is 16.5. The summed E-state index contributed by atoms with van der Waals surface area (Å²) in [5.74, 6) is -0.274. The van der Waals surface area contributed by atoms with Gasteiger partial charge in [-0.15, -0.1) is 0 Å². The number of hydrogen-bond acceptors (Lipinski definition) is 4. The number of carbonyl (C=O) groups is 1. The van der Waals surface area contributed by atoms with Crippen LogP contribution in [0.5, 0.6) is 0 Å². The third kappa shape index (κ3) is 8.01. The van der Waals surface area contributed by atoms with Gasteiger partial charge < -0.3 is 15.2 Å². The molecule has 0 aromatic heterocycles. The van der Waals surface area contributed by atoms with Gasteiger partial charge in [0.2, 0.25) is 0 Å². The first-order chi connectivity index (χ1) is 6.56. The lowest BCUT2D eigenvalue weighted by molar-refractivity contribution is -0.146. The molecule has 0 rings (SSSR count). The van der Waals surface area contributed by atoms with Crippen LogP contribution in [0.15, 0.2) is 0 Å². The Morgan fingerprint density at radius 1 is 1.50 bits per heavy atom. The van der Waals surface area contributed by atoms with Gasteiger partial charge in [0.15, 0.2) is 0 Å². The second-order valence-electron chi connectivity index (χ2n) is 3.61. The van der Waals surface area contributed by atoms with Crippen LogP contribution in [0.4, 0.5) is 0 Å². The van der Waals surface area contributed by atoms with E-state index in [0.29, 0.717) is 6.54 Å². The molecule has 0 saturated carbocycles. The number of esters is 1. The molecule has 0 amide bonds. The monoisotopic (exact) mass is 203 g/mol. The Balaban J connectivity index is 3.39. The summed E-state index contributed by atoms with van der Waals surface area (Å²) in [7, 11) is 0. The number of rotatable bonds is 7. The van der Waals surface area contributed by atoms with E-state index in [9.17, 15) is 9.90 Å². The second-order valence-corrected chi connectivity index (χ2v) is 3.61. The van der Waals surface area contributed by atoms with Gasteiger partial charge in [0.25, 0.3) is 0 Å². The molecule has 0 heterocycles. The van der Waals surface area contributed by atoms with E-state index in [1.54, 1.807) is 0 Å². The predicted molar refractivity (Wildman–Crippen MR) is 55.0 cm³/mol. The number of hydrogen-bond donors (Lipinski definition) is 2. The fourth-order valence-corrected chi connectivity index (χ4v) is 1.08. The highest BCUT2D eigenvalue weighted by Crippen LogP contribution is 1.93. The maximum Gasteiger partial charge on any atom is 0.320 e. The van der Waals surface area contributed by atoms with Crippen LogP contribution >= 0.6 is 0 Å². The van der Waals surface area contributed by atoms with Crippen molar-refractivity contribution in [2.45, 2.75) is 45.8 Å². The zero-order chi connectivity index (χ0) is 11.0. The molecule has 0 bridgehead atoms. The van der Waals surface area contributed by atoms with E-state index in [-0.39, 0.29) is 24.7 Å². The van der Waals surface area contributed by atoms with Crippen LogP contribution in [-0.4, -0.2) is 36.4 Å². The molecule has 0 aliphatic heterocycles. The molecule has 0 radical (unpaired) electrons. The summed E-state index contributed by atoms with van der Waals surface area (Å²) in [4.78, 5) is 11.0. The lowest BCUT2D eigenvalue weighted by atomic mass is 10.2. The number of nitrogens with one attached hydrogen (secondary N) is 1. The van der Waals surface area contributed by atoms with Gasteiger partial charge in [0, 0.05) is 6.54 Å². The minimum absolute atomic E-state index is 0.0788. The van der Waals surface area contributed by atoms with E-state index in [2.05, 4.69) is 5.32 Å². The number of aliphatic hydroxyl groups excluding tert-OH is 1. The average molecular weight is 203 g/mol. The molecule has 2 N–H and O–H groups in total. The molecule has 4 nitrogen and oxygen atoms in total. The largest absolute Gasteiger partial charge is 0.462 e. The fourth-order valence-electron chi connectivity index (χ4n) is 1.08. The molecule has 1 atom stereocenters. The van der Waals surface area contributed by atoms with Crippen molar-refractivity contribution in [3.8, 4) is 0 Å². The van der Waals surface area contributed by atoms with Crippen LogP contribution in [-0.2, 0) is 9.53 Å². The van der Waals surface area contributed by atoms with Gasteiger partial charge >= 0.3 is 5.97 Å². The molecule has 0 aliphatic rings. The van der Waals surface area contributed by atoms with Crippen molar-refractivity contribution in [2.75, 3.05) is 13.1 Å². The van der Waals surface area contributed by atoms with Crippen LogP contribution < -0.4 is 5.32 Å². The molecular weight excluding hydrogens is 182 g/mol. The van der Waals surface area contributed by atoms with E-state index >= 15 is 0 Å². The van der Waals surface area contributed by atoms with Gasteiger partial charge in [-0.1, -0.05) is 13.3 Å². The van der Waals surface area contributed by atoms with Crippen molar-refractivity contribution in [3.63, 3.8) is 0 Å². The van der Waals surface area contributed by atoms with Gasteiger partial charge in [-0.3, -0.25) is 4.79 Å². The zero-order valence-electron chi connectivity index (χ0n) is 9.25. The first-order valence-electron chi connectivity index (χ1n) is 5.14. The van der Waals surface area contributed by atoms with E-state index in [4.69, 9.17) is 4.74 Å². The summed E-state index contributed by atoms with van der Waals surface area (Å²) < 4.78 is 4.91. The minimum Gasteiger partial charge on any atom is -0.462 e. The van der Waals surface area contributed by atoms with Crippen LogP contribution in [0.1, 0.15) is 33.6 Å². The fraction of sp³-hybridized carbons (Fsp3) is 0.900. The second kappa shape index (κ2) is 7.76. The Hall–Kier alpha value is -0.610. The van der Waals surface area contributed by atoms with Gasteiger partial charge in [0.1, 0.15) is 0 Å². The van der Waals surface area contributed by atoms with Gasteiger partial charge in [-0.05, 0) is 20.3 Å². The quantitative estimate of drug-likeness (QED) is 0.598. The predicted octanol–water partition coefficient (Wildman–Crippen LogP) is 0.689. The lowest BCUT2D eigenvalue weighted by Crippen LogP contribution is -2.32. The van der Waals surface area contributed by atoms with Gasteiger partial charge in [-0.25, -0.2) is 0 Å². The first-order valence-corrected chi connectivity index (χ1v) is 5.14. The van der Waals surface area contributed by atoms with Crippen LogP contribution in [0, 0.1) is 0 Å². The average Bonchev–Trinajstić information content (AvgIpc) is 2.02. The third-order valence-corrected chi connectivity index (χ3v) is 1.64. The van der Waals surface area contributed by atoms with E-state index < -0.39 is 0 Å². The van der Waals surface area contributed by atoms with E-state index in [1.807, 2.05) is 20.8 Å². The highest BCUT2D eigenvalue weighted by molar-refractivity contribution is 5.71. The molecule has 14 heavy (non-hydrogen) atoms. The number of aliphatic hydroxyl groups is 1. The Labute approximate surface area is 85.6 Å². The molecule has 0 spiro atoms. The molecule has 0 aromatic rings. The molecule has 0 fully saturated rings. The summed E-state index contributed by atoms with van der Waals surface area (Å²) in [6.45, 7) is 6.24. The van der Waals surface area contributed by atoms with Crippen molar-refractivity contribution in [1.82, 2.24) is 5.32 Å². The first kappa shape index (κ1) is 13.4. The standard InChI is InChI=1S/C10H21NO3/c1-4-5-9(12)6-11-7-10(13)14-8(2)3/h8-9,11-12H,4-7H2,1-3H3. The Bertz CT molecular complexity index is 159. The van der Waals surface area contributed by atoms with Gasteiger partial charge in [-0.2, -0.15) is 0 Å². The smallest absolute Gasteiger partial charge is 0.320 e. The zero-order valence-corrected chi connectivity index (χ0v) is 9.25. The summed E-state index contributed by atoms with van der Waals surface area (Å²) in [6.07, 6.45) is 1.25. The molecule has 0 saturated heterocycles. The van der Waals surface area contributed by atoms with Crippen molar-refractivity contribution in [2.24, 2.45) is 0 Å². The molecule has 4 heteroatoms. The molecular formula is C10H21NO3. The summed E-state index contributed by atoms with van der Waals surface area (Å²) in [5.41, 5.74) is 0. The number of ether oxygens (including phenoxy) is 1. The topological polar surface area (TPSA) is 58.6 Å². The van der Waals surface area contributed by atoms with Crippen LogP contribution in [0.3, 0.4) is 0 Å². The van der Waals surface area contributed by atoms with Crippen molar-refractivity contribution in [1.29, 1.82) is 0 Å². The third-order valence-electron chi connectivity index (χ3n) is 1.64. The summed E-state index contributed by atoms with van der Waals surface area (Å²) in [6, 6.07) is 0. The van der Waals surface area contributed by atoms with Crippen LogP contribution in [0.2, 0.25) is 0 Å². The summed E-state index contributed by atoms with van der Waals surface area (Å²) >= 11 is 0. The van der Waals surface area contributed by atoms with Crippen LogP contribution in [0.25, 0.3) is 0 Å². The molecule has 0 aromatic carbocycles. The molecule has 1 unspecified atom stereocenters. The van der Waals surface area contributed by atoms with Crippen molar-refractivity contribution >= 4 is 5.97 Å². The minimum atomic E-state index is -0.369. The maximum atomic E-state index is 11.0. The highest BCUT2D eigenvalue weighted by Gasteiger charge is 2.06. The van der Waals surface area contributed by atoms with Crippen molar-refractivity contribution in [3.05, 3.63) is 0 Å². The molecule has 84 valence electrons. The Kier molecular flexibility index (Phi) is 7.42. The summed E-state index contributed by atoms with van der Waals surface area (Å²) in [5, 5.41) is 12.2. The van der Waals surface area contributed by atoms with Gasteiger partial charge in [0.05, 0.1) is 18.8 Å².